The molecular formula is C18H28N6O2. The van der Waals surface area contributed by atoms with Crippen molar-refractivity contribution in [1.82, 2.24) is 25.7 Å². The molecule has 1 aromatic carbocycles. The van der Waals surface area contributed by atoms with Crippen molar-refractivity contribution in [2.75, 3.05) is 25.5 Å². The fraction of sp³-hybridized carbons (Fsp3) is 0.556. The van der Waals surface area contributed by atoms with Crippen LogP contribution in [0.5, 0.6) is 0 Å². The van der Waals surface area contributed by atoms with E-state index in [4.69, 9.17) is 0 Å². The molecule has 0 spiro atoms. The first kappa shape index (κ1) is 18.6. The third-order valence-electron chi connectivity index (χ3n) is 5.19. The van der Waals surface area contributed by atoms with Crippen LogP contribution in [0.3, 0.4) is 0 Å². The van der Waals surface area contributed by atoms with Crippen molar-refractivity contribution in [2.24, 2.45) is 5.92 Å². The van der Waals surface area contributed by atoms with E-state index in [9.17, 15) is 9.59 Å². The van der Waals surface area contributed by atoms with E-state index in [0.29, 0.717) is 42.2 Å². The molecule has 0 saturated carbocycles. The summed E-state index contributed by atoms with van der Waals surface area (Å²) in [4.78, 5) is 31.0. The molecule has 1 saturated heterocycles. The molecule has 1 aliphatic rings. The molecule has 2 atom stereocenters. The zero-order valence-electron chi connectivity index (χ0n) is 15.6. The predicted molar refractivity (Wildman–Crippen MR) is 103 cm³/mol. The number of fused-ring (bicyclic) bond motifs is 1. The molecule has 0 radical (unpaired) electrons. The number of anilines is 1. The van der Waals surface area contributed by atoms with Crippen LogP contribution < -0.4 is 21.9 Å². The molecule has 1 aliphatic heterocycles. The van der Waals surface area contributed by atoms with Gasteiger partial charge in [-0.3, -0.25) is 15.6 Å². The van der Waals surface area contributed by atoms with Gasteiger partial charge in [-0.25, -0.2) is 4.79 Å². The Hall–Kier alpha value is -2.16. The molecule has 142 valence electrons. The van der Waals surface area contributed by atoms with Crippen LogP contribution in [0.4, 0.5) is 5.69 Å². The molecule has 3 rings (SSSR count). The lowest BCUT2D eigenvalue weighted by atomic mass is 9.93. The van der Waals surface area contributed by atoms with Gasteiger partial charge in [0, 0.05) is 30.7 Å². The highest BCUT2D eigenvalue weighted by Crippen LogP contribution is 2.18. The summed E-state index contributed by atoms with van der Waals surface area (Å²) in [5.74, 6) is 0.571. The number of amides is 1. The Morgan fingerprint density at radius 2 is 1.81 bits per heavy atom. The van der Waals surface area contributed by atoms with Gasteiger partial charge in [0.25, 0.3) is 0 Å². The van der Waals surface area contributed by atoms with Crippen molar-refractivity contribution in [3.8, 4) is 0 Å². The van der Waals surface area contributed by atoms with E-state index in [0.717, 1.165) is 18.5 Å². The van der Waals surface area contributed by atoms with E-state index in [-0.39, 0.29) is 11.6 Å². The first-order valence-corrected chi connectivity index (χ1v) is 9.14. The van der Waals surface area contributed by atoms with E-state index in [1.54, 1.807) is 18.2 Å². The SMILES string of the molecule is CC1NNC(C)C1CCN(C)CCC(=O)Nc1ccc2[nH]c(=O)[nH]c2c1. The van der Waals surface area contributed by atoms with Crippen molar-refractivity contribution in [3.05, 3.63) is 28.7 Å². The number of carbonyl (C=O) groups is 1. The van der Waals surface area contributed by atoms with Crippen LogP contribution in [0.15, 0.2) is 23.0 Å². The molecule has 2 unspecified atom stereocenters. The quantitative estimate of drug-likeness (QED) is 0.507. The largest absolute Gasteiger partial charge is 0.326 e. The van der Waals surface area contributed by atoms with Gasteiger partial charge in [0.2, 0.25) is 5.91 Å². The van der Waals surface area contributed by atoms with Crippen molar-refractivity contribution in [1.29, 1.82) is 0 Å². The smallest absolute Gasteiger partial charge is 0.323 e. The normalized spacial score (nSPS) is 23.0. The zero-order chi connectivity index (χ0) is 18.7. The van der Waals surface area contributed by atoms with E-state index in [1.165, 1.54) is 0 Å². The summed E-state index contributed by atoms with van der Waals surface area (Å²) in [5.41, 5.74) is 8.41. The third-order valence-corrected chi connectivity index (χ3v) is 5.19. The summed E-state index contributed by atoms with van der Waals surface area (Å²) in [7, 11) is 2.05. The molecule has 8 nitrogen and oxygen atoms in total. The summed E-state index contributed by atoms with van der Waals surface area (Å²) in [6, 6.07) is 6.27. The van der Waals surface area contributed by atoms with Gasteiger partial charge in [0.1, 0.15) is 0 Å². The van der Waals surface area contributed by atoms with Gasteiger partial charge in [-0.15, -0.1) is 0 Å². The summed E-state index contributed by atoms with van der Waals surface area (Å²) in [5, 5.41) is 2.89. The maximum Gasteiger partial charge on any atom is 0.323 e. The maximum atomic E-state index is 12.2. The summed E-state index contributed by atoms with van der Waals surface area (Å²) >= 11 is 0. The highest BCUT2D eigenvalue weighted by Gasteiger charge is 2.29. The first-order chi connectivity index (χ1) is 12.4. The molecule has 0 bridgehead atoms. The number of nitrogens with zero attached hydrogens (tertiary/aromatic N) is 1. The standard InChI is InChI=1S/C18H28N6O2/c1-11-14(12(2)23-22-11)6-8-24(3)9-7-17(25)19-13-4-5-15-16(10-13)21-18(26)20-15/h4-5,10-12,14,22-23H,6-9H2,1-3H3,(H,19,25)(H2,20,21,26). The topological polar surface area (TPSA) is 105 Å². The van der Waals surface area contributed by atoms with Gasteiger partial charge in [0.05, 0.1) is 11.0 Å². The number of hydrazine groups is 1. The number of carbonyl (C=O) groups excluding carboxylic acids is 1. The van der Waals surface area contributed by atoms with Crippen molar-refractivity contribution in [2.45, 2.75) is 38.8 Å². The van der Waals surface area contributed by atoms with Gasteiger partial charge in [-0.05, 0) is 58.0 Å². The molecule has 2 heterocycles. The lowest BCUT2D eigenvalue weighted by molar-refractivity contribution is -0.116. The highest BCUT2D eigenvalue weighted by molar-refractivity contribution is 5.93. The molecule has 8 heteroatoms. The van der Waals surface area contributed by atoms with Gasteiger partial charge in [-0.1, -0.05) is 0 Å². The Balaban J connectivity index is 1.43. The number of nitrogens with one attached hydrogen (secondary N) is 5. The lowest BCUT2D eigenvalue weighted by Gasteiger charge is -2.22. The fourth-order valence-corrected chi connectivity index (χ4v) is 3.52. The van der Waals surface area contributed by atoms with Gasteiger partial charge in [0.15, 0.2) is 0 Å². The number of aromatic nitrogens is 2. The second-order valence-corrected chi connectivity index (χ2v) is 7.26. The van der Waals surface area contributed by atoms with E-state index in [1.807, 2.05) is 0 Å². The Labute approximate surface area is 152 Å². The number of hydrogen-bond acceptors (Lipinski definition) is 5. The minimum atomic E-state index is -0.249. The Morgan fingerprint density at radius 3 is 2.54 bits per heavy atom. The predicted octanol–water partition coefficient (Wildman–Crippen LogP) is 1.01. The van der Waals surface area contributed by atoms with Gasteiger partial charge in [-0.2, -0.15) is 0 Å². The summed E-state index contributed by atoms with van der Waals surface area (Å²) in [6.45, 7) is 6.07. The monoisotopic (exact) mass is 360 g/mol. The number of hydrogen-bond donors (Lipinski definition) is 5. The van der Waals surface area contributed by atoms with Gasteiger partial charge < -0.3 is 20.2 Å². The molecule has 0 aliphatic carbocycles. The maximum absolute atomic E-state index is 12.2. The number of benzene rings is 1. The van der Waals surface area contributed by atoms with Crippen LogP contribution in [0.1, 0.15) is 26.7 Å². The van der Waals surface area contributed by atoms with Crippen molar-refractivity contribution >= 4 is 22.6 Å². The number of rotatable bonds is 7. The Morgan fingerprint density at radius 1 is 1.12 bits per heavy atom. The lowest BCUT2D eigenvalue weighted by Crippen LogP contribution is -2.30. The van der Waals surface area contributed by atoms with Crippen molar-refractivity contribution < 1.29 is 4.79 Å². The number of H-pyrrole nitrogens is 2. The van der Waals surface area contributed by atoms with Crippen LogP contribution in [0.25, 0.3) is 11.0 Å². The fourth-order valence-electron chi connectivity index (χ4n) is 3.52. The number of aromatic amines is 2. The Bertz CT molecular complexity index is 803. The molecule has 5 N–H and O–H groups in total. The second-order valence-electron chi connectivity index (χ2n) is 7.26. The average Bonchev–Trinajstić information content (AvgIpc) is 3.12. The molecule has 1 amide bonds. The second kappa shape index (κ2) is 8.03. The third kappa shape index (κ3) is 4.51. The molecule has 1 fully saturated rings. The molecule has 26 heavy (non-hydrogen) atoms. The minimum Gasteiger partial charge on any atom is -0.326 e. The van der Waals surface area contributed by atoms with Gasteiger partial charge >= 0.3 is 5.69 Å². The zero-order valence-corrected chi connectivity index (χ0v) is 15.6. The molecular weight excluding hydrogens is 332 g/mol. The van der Waals surface area contributed by atoms with Crippen LogP contribution in [-0.2, 0) is 4.79 Å². The summed E-state index contributed by atoms with van der Waals surface area (Å²) < 4.78 is 0. The first-order valence-electron chi connectivity index (χ1n) is 9.14. The Kier molecular flexibility index (Phi) is 5.75. The van der Waals surface area contributed by atoms with E-state index in [2.05, 4.69) is 51.9 Å². The van der Waals surface area contributed by atoms with Crippen molar-refractivity contribution in [3.63, 3.8) is 0 Å². The van der Waals surface area contributed by atoms with E-state index < -0.39 is 0 Å². The highest BCUT2D eigenvalue weighted by atomic mass is 16.1. The van der Waals surface area contributed by atoms with Crippen LogP contribution >= 0.6 is 0 Å². The van der Waals surface area contributed by atoms with Crippen LogP contribution in [0.2, 0.25) is 0 Å². The molecule has 1 aromatic heterocycles. The average molecular weight is 360 g/mol. The minimum absolute atomic E-state index is 0.0278. The number of imidazole rings is 1. The van der Waals surface area contributed by atoms with E-state index >= 15 is 0 Å². The summed E-state index contributed by atoms with van der Waals surface area (Å²) in [6.07, 6.45) is 1.53. The van der Waals surface area contributed by atoms with Crippen LogP contribution in [-0.4, -0.2) is 53.0 Å². The van der Waals surface area contributed by atoms with Crippen LogP contribution in [0, 0.1) is 5.92 Å². The molecule has 2 aromatic rings.